The van der Waals surface area contributed by atoms with Gasteiger partial charge in [-0.15, -0.1) is 23.2 Å². The van der Waals surface area contributed by atoms with Crippen LogP contribution in [0, 0.1) is 0 Å². The van der Waals surface area contributed by atoms with Crippen molar-refractivity contribution in [1.82, 2.24) is 18.8 Å². The van der Waals surface area contributed by atoms with Crippen molar-refractivity contribution in [2.24, 2.45) is 7.05 Å². The van der Waals surface area contributed by atoms with Gasteiger partial charge in [0.1, 0.15) is 5.75 Å². The van der Waals surface area contributed by atoms with Gasteiger partial charge in [-0.3, -0.25) is 14.5 Å². The number of imide groups is 1. The van der Waals surface area contributed by atoms with Gasteiger partial charge >= 0.3 is 11.4 Å². The molecule has 9 nitrogen and oxygen atoms in total. The molecule has 0 spiro atoms. The zero-order chi connectivity index (χ0) is 25.0. The lowest BCUT2D eigenvalue weighted by Gasteiger charge is -2.49. The fourth-order valence-corrected chi connectivity index (χ4v) is 7.01. The van der Waals surface area contributed by atoms with Crippen molar-refractivity contribution >= 4 is 45.8 Å². The minimum absolute atomic E-state index is 0.0501. The first-order chi connectivity index (χ1) is 16.5. The Balaban J connectivity index is 1.71. The van der Waals surface area contributed by atoms with Crippen molar-refractivity contribution in [3.63, 3.8) is 0 Å². The van der Waals surface area contributed by atoms with Gasteiger partial charge in [0.05, 0.1) is 12.6 Å². The Bertz CT molecular complexity index is 1630. The summed E-state index contributed by atoms with van der Waals surface area (Å²) >= 11 is 14.2. The third-order valence-electron chi connectivity index (χ3n) is 7.72. The van der Waals surface area contributed by atoms with Crippen LogP contribution in [0.5, 0.6) is 5.75 Å². The molecule has 1 aromatic heterocycles. The van der Waals surface area contributed by atoms with Crippen LogP contribution in [0.4, 0.5) is 0 Å². The summed E-state index contributed by atoms with van der Waals surface area (Å²) in [6, 6.07) is 9.50. The number of likely N-dealkylation sites (tertiary alicyclic amines) is 1. The van der Waals surface area contributed by atoms with Crippen molar-refractivity contribution in [3.05, 3.63) is 74.6 Å². The Labute approximate surface area is 208 Å². The van der Waals surface area contributed by atoms with E-state index in [1.807, 2.05) is 0 Å². The van der Waals surface area contributed by atoms with E-state index in [0.717, 1.165) is 9.47 Å². The number of aromatic hydroxyl groups is 1. The lowest BCUT2D eigenvalue weighted by molar-refractivity contribution is -0.137. The zero-order valence-corrected chi connectivity index (χ0v) is 20.2. The van der Waals surface area contributed by atoms with E-state index in [-0.39, 0.29) is 18.7 Å². The lowest BCUT2D eigenvalue weighted by atomic mass is 9.63. The molecule has 2 amide bonds. The molecule has 2 aliphatic heterocycles. The molecule has 11 heteroatoms. The number of amides is 2. The van der Waals surface area contributed by atoms with Gasteiger partial charge in [0.15, 0.2) is 9.75 Å². The summed E-state index contributed by atoms with van der Waals surface area (Å²) in [5.74, 6) is -2.16. The fourth-order valence-electron chi connectivity index (χ4n) is 6.02. The number of hydrogen-bond acceptors (Lipinski definition) is 5. The van der Waals surface area contributed by atoms with E-state index in [1.165, 1.54) is 29.5 Å². The average Bonchev–Trinajstić information content (AvgIpc) is 3.15. The van der Waals surface area contributed by atoms with E-state index in [2.05, 4.69) is 0 Å². The molecule has 1 saturated heterocycles. The summed E-state index contributed by atoms with van der Waals surface area (Å²) < 4.78 is 3.61. The van der Waals surface area contributed by atoms with Crippen LogP contribution < -0.4 is 11.4 Å². The predicted molar refractivity (Wildman–Crippen MR) is 129 cm³/mol. The monoisotopic (exact) mass is 514 g/mol. The molecule has 6 rings (SSSR count). The largest absolute Gasteiger partial charge is 0.507 e. The molecule has 0 unspecified atom stereocenters. The molecule has 3 heterocycles. The number of alkyl halides is 2. The molecule has 0 radical (unpaired) electrons. The molecule has 3 aromatic rings. The molecule has 2 aromatic carbocycles. The average molecular weight is 515 g/mol. The maximum absolute atomic E-state index is 13.6. The van der Waals surface area contributed by atoms with E-state index < -0.39 is 44.9 Å². The summed E-state index contributed by atoms with van der Waals surface area (Å²) in [5.41, 5.74) is 0.170. The highest BCUT2D eigenvalue weighted by molar-refractivity contribution is 6.53. The van der Waals surface area contributed by atoms with E-state index in [1.54, 1.807) is 36.4 Å². The van der Waals surface area contributed by atoms with Crippen molar-refractivity contribution in [1.29, 1.82) is 0 Å². The fraction of sp³-hybridized carbons (Fsp3) is 0.333. The quantitative estimate of drug-likeness (QED) is 0.303. The standard InChI is InChI=1S/C24H20Cl2N4O5/c1-27-19(32)23(25)11-16-15(9-10-29-21(34)28(2)22(35)30(16)29)18(24(23,26)20(27)33)14-7-8-17(31)13-6-4-3-5-12(13)14/h3-9,16,18,31H,10-11H2,1-2H3/t16-,18+,23-,24+/m1/s1. The van der Waals surface area contributed by atoms with Crippen LogP contribution in [0.2, 0.25) is 0 Å². The Morgan fingerprint density at radius 2 is 1.63 bits per heavy atom. The van der Waals surface area contributed by atoms with Gasteiger partial charge < -0.3 is 5.11 Å². The summed E-state index contributed by atoms with van der Waals surface area (Å²) in [6.07, 6.45) is 1.64. The Hall–Kier alpha value is -3.30. The minimum atomic E-state index is -1.89. The molecule has 1 saturated carbocycles. The van der Waals surface area contributed by atoms with Gasteiger partial charge in [0.2, 0.25) is 0 Å². The molecule has 180 valence electrons. The minimum Gasteiger partial charge on any atom is -0.507 e. The van der Waals surface area contributed by atoms with Crippen LogP contribution in [0.1, 0.15) is 23.9 Å². The number of rotatable bonds is 1. The SMILES string of the molecule is CN1C(=O)[C@]2(Cl)C[C@@H]3C(=CCn4c(=O)n(C)c(=O)n43)[C@H](c3ccc(O)c4ccccc34)[C@]2(Cl)C1=O. The maximum atomic E-state index is 13.6. The molecular weight excluding hydrogens is 495 g/mol. The van der Waals surface area contributed by atoms with E-state index in [4.69, 9.17) is 23.2 Å². The van der Waals surface area contributed by atoms with Gasteiger partial charge in [-0.25, -0.2) is 23.5 Å². The number of nitrogens with zero attached hydrogens (tertiary/aromatic N) is 4. The van der Waals surface area contributed by atoms with Crippen LogP contribution in [-0.2, 0) is 23.2 Å². The highest BCUT2D eigenvalue weighted by Crippen LogP contribution is 2.63. The number of phenolic OH excluding ortho intramolecular Hbond substituents is 1. The molecule has 1 aliphatic carbocycles. The van der Waals surface area contributed by atoms with E-state index in [9.17, 15) is 24.3 Å². The van der Waals surface area contributed by atoms with Crippen molar-refractivity contribution < 1.29 is 14.7 Å². The summed E-state index contributed by atoms with van der Waals surface area (Å²) in [6.45, 7) is 0.0908. The second-order valence-electron chi connectivity index (χ2n) is 9.31. The van der Waals surface area contributed by atoms with Gasteiger partial charge in [-0.1, -0.05) is 36.4 Å². The number of aromatic nitrogens is 3. The first-order valence-corrected chi connectivity index (χ1v) is 11.8. The number of carbonyl (C=O) groups is 2. The maximum Gasteiger partial charge on any atom is 0.347 e. The van der Waals surface area contributed by atoms with Gasteiger partial charge in [0.25, 0.3) is 11.8 Å². The Kier molecular flexibility index (Phi) is 4.37. The van der Waals surface area contributed by atoms with Gasteiger partial charge in [-0.05, 0) is 22.6 Å². The molecule has 0 bridgehead atoms. The molecule has 4 atom stereocenters. The second-order valence-corrected chi connectivity index (χ2v) is 10.6. The zero-order valence-electron chi connectivity index (χ0n) is 18.7. The topological polar surface area (TPSA) is 107 Å². The number of fused-ring (bicyclic) bond motifs is 5. The third-order valence-corrected chi connectivity index (χ3v) is 9.13. The lowest BCUT2D eigenvalue weighted by Crippen LogP contribution is -2.59. The number of halogens is 2. The number of phenols is 1. The van der Waals surface area contributed by atoms with Crippen LogP contribution in [0.15, 0.2) is 57.6 Å². The van der Waals surface area contributed by atoms with Crippen molar-refractivity contribution in [2.45, 2.75) is 34.7 Å². The van der Waals surface area contributed by atoms with Gasteiger partial charge in [-0.2, -0.15) is 0 Å². The molecular formula is C24H20Cl2N4O5. The predicted octanol–water partition coefficient (Wildman–Crippen LogP) is 1.83. The molecule has 35 heavy (non-hydrogen) atoms. The Morgan fingerprint density at radius 1 is 0.943 bits per heavy atom. The van der Waals surface area contributed by atoms with Crippen LogP contribution >= 0.6 is 23.2 Å². The molecule has 3 aliphatic rings. The van der Waals surface area contributed by atoms with Crippen molar-refractivity contribution in [2.75, 3.05) is 7.05 Å². The normalized spacial score (nSPS) is 29.7. The van der Waals surface area contributed by atoms with Crippen LogP contribution in [-0.4, -0.2) is 52.5 Å². The number of hydrogen-bond donors (Lipinski definition) is 1. The number of carbonyl (C=O) groups excluding carboxylic acids is 2. The van der Waals surface area contributed by atoms with Crippen LogP contribution in [0.3, 0.4) is 0 Å². The molecule has 1 N–H and O–H groups in total. The first-order valence-electron chi connectivity index (χ1n) is 11.0. The first kappa shape index (κ1) is 22.2. The highest BCUT2D eigenvalue weighted by Gasteiger charge is 2.75. The summed E-state index contributed by atoms with van der Waals surface area (Å²) in [4.78, 5) is 49.9. The molecule has 2 fully saturated rings. The van der Waals surface area contributed by atoms with Crippen molar-refractivity contribution in [3.8, 4) is 5.75 Å². The van der Waals surface area contributed by atoms with E-state index in [0.29, 0.717) is 21.9 Å². The number of allylic oxidation sites excluding steroid dienone is 2. The van der Waals surface area contributed by atoms with Gasteiger partial charge in [0, 0.05) is 31.8 Å². The third kappa shape index (κ3) is 2.44. The van der Waals surface area contributed by atoms with Crippen LogP contribution in [0.25, 0.3) is 10.8 Å². The smallest absolute Gasteiger partial charge is 0.347 e. The summed E-state index contributed by atoms with van der Waals surface area (Å²) in [7, 11) is 2.72. The summed E-state index contributed by atoms with van der Waals surface area (Å²) in [5, 5.41) is 11.7. The number of benzene rings is 2. The highest BCUT2D eigenvalue weighted by atomic mass is 35.5. The van der Waals surface area contributed by atoms with E-state index >= 15 is 0 Å². The Morgan fingerprint density at radius 3 is 2.34 bits per heavy atom. The second kappa shape index (κ2) is 6.89.